The minimum absolute atomic E-state index is 0.315. The van der Waals surface area contributed by atoms with E-state index in [0.717, 1.165) is 37.5 Å². The lowest BCUT2D eigenvalue weighted by atomic mass is 10.3. The zero-order valence-electron chi connectivity index (χ0n) is 8.98. The van der Waals surface area contributed by atoms with Crippen molar-refractivity contribution < 1.29 is 9.26 Å². The van der Waals surface area contributed by atoms with Crippen molar-refractivity contribution in [1.29, 1.82) is 0 Å². The van der Waals surface area contributed by atoms with Crippen LogP contribution < -0.4 is 5.73 Å². The smallest absolute Gasteiger partial charge is 0.162 e. The van der Waals surface area contributed by atoms with Gasteiger partial charge in [-0.1, -0.05) is 5.16 Å². The van der Waals surface area contributed by atoms with Crippen LogP contribution in [0.25, 0.3) is 0 Å². The molecule has 0 aliphatic carbocycles. The van der Waals surface area contributed by atoms with Crippen LogP contribution in [0.1, 0.15) is 17.9 Å². The number of nitrogens with zero attached hydrogens (tertiary/aromatic N) is 2. The van der Waals surface area contributed by atoms with Gasteiger partial charge in [0.25, 0.3) is 0 Å². The molecule has 0 amide bonds. The zero-order valence-corrected chi connectivity index (χ0v) is 8.98. The van der Waals surface area contributed by atoms with Crippen LogP contribution in [-0.2, 0) is 17.9 Å². The summed E-state index contributed by atoms with van der Waals surface area (Å²) in [5, 5.41) is 3.99. The van der Waals surface area contributed by atoms with Gasteiger partial charge >= 0.3 is 0 Å². The number of hydrogen-bond donors (Lipinski definition) is 1. The predicted molar refractivity (Wildman–Crippen MR) is 55.1 cm³/mol. The van der Waals surface area contributed by atoms with Crippen LogP contribution in [0.4, 0.5) is 0 Å². The molecule has 2 rings (SSSR count). The molecule has 1 atom stereocenters. The van der Waals surface area contributed by atoms with Gasteiger partial charge < -0.3 is 15.0 Å². The second-order valence-corrected chi connectivity index (χ2v) is 4.00. The Bertz CT molecular complexity index is 313. The van der Waals surface area contributed by atoms with Gasteiger partial charge in [0.1, 0.15) is 6.61 Å². The lowest BCUT2D eigenvalue weighted by Gasteiger charge is -2.11. The maximum Gasteiger partial charge on any atom is 0.162 e. The van der Waals surface area contributed by atoms with Gasteiger partial charge in [-0.25, -0.2) is 0 Å². The van der Waals surface area contributed by atoms with E-state index >= 15 is 0 Å². The lowest BCUT2D eigenvalue weighted by Crippen LogP contribution is -2.26. The Balaban J connectivity index is 1.87. The quantitative estimate of drug-likeness (QED) is 0.778. The second-order valence-electron chi connectivity index (χ2n) is 4.00. The minimum Gasteiger partial charge on any atom is -0.377 e. The van der Waals surface area contributed by atoms with Crippen molar-refractivity contribution in [3.8, 4) is 0 Å². The number of ether oxygens (including phenoxy) is 1. The average Bonchev–Trinajstić information content (AvgIpc) is 2.78. The fourth-order valence-corrected chi connectivity index (χ4v) is 1.88. The third kappa shape index (κ3) is 2.77. The molecule has 2 N–H and O–H groups in total. The van der Waals surface area contributed by atoms with Crippen LogP contribution in [0, 0.1) is 0 Å². The van der Waals surface area contributed by atoms with Crippen LogP contribution in [0.5, 0.6) is 0 Å². The van der Waals surface area contributed by atoms with E-state index in [1.54, 1.807) is 7.11 Å². The summed E-state index contributed by atoms with van der Waals surface area (Å²) in [5.74, 6) is 0.774. The monoisotopic (exact) mass is 211 g/mol. The highest BCUT2D eigenvalue weighted by molar-refractivity contribution is 5.04. The molecule has 0 radical (unpaired) electrons. The van der Waals surface area contributed by atoms with Crippen molar-refractivity contribution in [3.63, 3.8) is 0 Å². The number of aromatic nitrogens is 1. The molecule has 1 saturated heterocycles. The van der Waals surface area contributed by atoms with Gasteiger partial charge in [0, 0.05) is 38.9 Å². The molecular weight excluding hydrogens is 194 g/mol. The van der Waals surface area contributed by atoms with Crippen molar-refractivity contribution in [3.05, 3.63) is 17.5 Å². The first-order valence-corrected chi connectivity index (χ1v) is 5.19. The molecule has 1 aromatic heterocycles. The highest BCUT2D eigenvalue weighted by Gasteiger charge is 2.20. The van der Waals surface area contributed by atoms with Crippen molar-refractivity contribution in [2.45, 2.75) is 25.6 Å². The molecule has 1 aromatic rings. The first-order chi connectivity index (χ1) is 7.28. The summed E-state index contributed by atoms with van der Waals surface area (Å²) >= 11 is 0. The fourth-order valence-electron chi connectivity index (χ4n) is 1.88. The van der Waals surface area contributed by atoms with E-state index in [4.69, 9.17) is 15.0 Å². The highest BCUT2D eigenvalue weighted by atomic mass is 16.5. The first-order valence-electron chi connectivity index (χ1n) is 5.19. The van der Waals surface area contributed by atoms with Crippen molar-refractivity contribution >= 4 is 0 Å². The summed E-state index contributed by atoms with van der Waals surface area (Å²) in [6, 6.07) is 2.25. The summed E-state index contributed by atoms with van der Waals surface area (Å²) in [6.45, 7) is 3.30. The van der Waals surface area contributed by atoms with Crippen molar-refractivity contribution in [1.82, 2.24) is 10.1 Å². The summed E-state index contributed by atoms with van der Waals surface area (Å²) < 4.78 is 10.1. The van der Waals surface area contributed by atoms with E-state index < -0.39 is 0 Å². The third-order valence-corrected chi connectivity index (χ3v) is 2.59. The van der Waals surface area contributed by atoms with E-state index in [1.165, 1.54) is 0 Å². The van der Waals surface area contributed by atoms with Gasteiger partial charge in [0.15, 0.2) is 5.76 Å². The van der Waals surface area contributed by atoms with Gasteiger partial charge in [0.05, 0.1) is 5.69 Å². The summed E-state index contributed by atoms with van der Waals surface area (Å²) in [4.78, 5) is 2.29. The molecule has 0 aromatic carbocycles. The number of nitrogens with two attached hydrogens (primary N) is 1. The van der Waals surface area contributed by atoms with Gasteiger partial charge in [-0.05, 0) is 6.42 Å². The van der Waals surface area contributed by atoms with Crippen LogP contribution >= 0.6 is 0 Å². The molecule has 5 nitrogen and oxygen atoms in total. The Hall–Kier alpha value is -0.910. The fraction of sp³-hybridized carbons (Fsp3) is 0.700. The van der Waals surface area contributed by atoms with Crippen LogP contribution in [0.2, 0.25) is 0 Å². The normalized spacial score (nSPS) is 22.4. The standard InChI is InChI=1S/C10H17N3O2/c1-14-7-10-4-9(12-15-10)6-13-3-2-8(11)5-13/h4,8H,2-3,5-7,11H2,1H3/t8-/m0/s1. The summed E-state index contributed by atoms with van der Waals surface area (Å²) in [6.07, 6.45) is 1.07. The molecule has 1 fully saturated rings. The van der Waals surface area contributed by atoms with Crippen molar-refractivity contribution in [2.75, 3.05) is 20.2 Å². The summed E-state index contributed by atoms with van der Waals surface area (Å²) in [7, 11) is 1.64. The Kier molecular flexibility index (Phi) is 3.35. The van der Waals surface area contributed by atoms with E-state index in [-0.39, 0.29) is 0 Å². The molecular formula is C10H17N3O2. The highest BCUT2D eigenvalue weighted by Crippen LogP contribution is 2.12. The number of likely N-dealkylation sites (tertiary alicyclic amines) is 1. The molecule has 5 heteroatoms. The van der Waals surface area contributed by atoms with Gasteiger partial charge in [-0.15, -0.1) is 0 Å². The Morgan fingerprint density at radius 1 is 1.73 bits per heavy atom. The van der Waals surface area contributed by atoms with Crippen LogP contribution in [0.15, 0.2) is 10.6 Å². The Morgan fingerprint density at radius 3 is 3.27 bits per heavy atom. The molecule has 2 heterocycles. The molecule has 84 valence electrons. The number of rotatable bonds is 4. The predicted octanol–water partition coefficient (Wildman–Crippen LogP) is 0.354. The average molecular weight is 211 g/mol. The minimum atomic E-state index is 0.315. The maximum atomic E-state index is 5.83. The molecule has 1 aliphatic rings. The van der Waals surface area contributed by atoms with Crippen LogP contribution in [-0.4, -0.2) is 36.3 Å². The topological polar surface area (TPSA) is 64.5 Å². The number of hydrogen-bond acceptors (Lipinski definition) is 5. The van der Waals surface area contributed by atoms with Gasteiger partial charge in [-0.3, -0.25) is 4.90 Å². The van der Waals surface area contributed by atoms with Crippen LogP contribution in [0.3, 0.4) is 0 Å². The number of methoxy groups -OCH3 is 1. The van der Waals surface area contributed by atoms with Gasteiger partial charge in [-0.2, -0.15) is 0 Å². The molecule has 0 unspecified atom stereocenters. The van der Waals surface area contributed by atoms with E-state index in [0.29, 0.717) is 12.6 Å². The largest absolute Gasteiger partial charge is 0.377 e. The molecule has 15 heavy (non-hydrogen) atoms. The zero-order chi connectivity index (χ0) is 10.7. The third-order valence-electron chi connectivity index (χ3n) is 2.59. The molecule has 0 saturated carbocycles. The molecule has 0 bridgehead atoms. The SMILES string of the molecule is COCc1cc(CN2CC[C@H](N)C2)no1. The lowest BCUT2D eigenvalue weighted by molar-refractivity contribution is 0.155. The van der Waals surface area contributed by atoms with E-state index in [2.05, 4.69) is 10.1 Å². The first kappa shape index (κ1) is 10.6. The second kappa shape index (κ2) is 4.74. The summed E-state index contributed by atoms with van der Waals surface area (Å²) in [5.41, 5.74) is 6.78. The maximum absolute atomic E-state index is 5.83. The molecule has 0 spiro atoms. The van der Waals surface area contributed by atoms with Crippen molar-refractivity contribution in [2.24, 2.45) is 5.73 Å². The van der Waals surface area contributed by atoms with E-state index in [9.17, 15) is 0 Å². The Labute approximate surface area is 89.2 Å². The Morgan fingerprint density at radius 2 is 2.60 bits per heavy atom. The van der Waals surface area contributed by atoms with E-state index in [1.807, 2.05) is 6.07 Å². The van der Waals surface area contributed by atoms with Gasteiger partial charge in [0.2, 0.25) is 0 Å². The molecule has 1 aliphatic heterocycles.